The second-order valence-electron chi connectivity index (χ2n) is 9.22. The summed E-state index contributed by atoms with van der Waals surface area (Å²) < 4.78 is 36.8. The lowest BCUT2D eigenvalue weighted by Gasteiger charge is -2.22. The summed E-state index contributed by atoms with van der Waals surface area (Å²) in [5, 5.41) is 0. The third kappa shape index (κ3) is 7.16. The molecule has 0 N–H and O–H groups in total. The van der Waals surface area contributed by atoms with Gasteiger partial charge in [-0.1, -0.05) is 44.1 Å². The fourth-order valence-corrected chi connectivity index (χ4v) is 6.83. The van der Waals surface area contributed by atoms with Crippen molar-refractivity contribution in [1.82, 2.24) is 8.87 Å². The smallest absolute Gasteiger partial charge is 0.279 e. The van der Waals surface area contributed by atoms with Crippen LogP contribution >= 0.6 is 11.3 Å². The van der Waals surface area contributed by atoms with E-state index in [9.17, 15) is 13.2 Å². The fourth-order valence-electron chi connectivity index (χ4n) is 4.21. The molecule has 0 aliphatic heterocycles. The van der Waals surface area contributed by atoms with Gasteiger partial charge in [0.2, 0.25) is 10.0 Å². The van der Waals surface area contributed by atoms with Crippen molar-refractivity contribution in [1.29, 1.82) is 0 Å². The molecule has 1 heterocycles. The van der Waals surface area contributed by atoms with Gasteiger partial charge in [0.25, 0.3) is 5.91 Å². The van der Waals surface area contributed by atoms with Crippen LogP contribution < -0.4 is 4.80 Å². The van der Waals surface area contributed by atoms with Crippen LogP contribution in [0.1, 0.15) is 67.9 Å². The van der Waals surface area contributed by atoms with Crippen LogP contribution in [0, 0.1) is 13.8 Å². The highest BCUT2D eigenvalue weighted by Gasteiger charge is 2.24. The van der Waals surface area contributed by atoms with Crippen molar-refractivity contribution in [3.05, 3.63) is 57.9 Å². The van der Waals surface area contributed by atoms with Crippen LogP contribution in [0.2, 0.25) is 0 Å². The van der Waals surface area contributed by atoms with Crippen LogP contribution in [0.15, 0.2) is 46.3 Å². The van der Waals surface area contributed by atoms with Crippen LogP contribution in [-0.2, 0) is 21.3 Å². The molecule has 0 atom stereocenters. The molecule has 0 fully saturated rings. The molecule has 0 unspecified atom stereocenters. The molecule has 0 saturated heterocycles. The molecule has 0 aliphatic carbocycles. The average molecular weight is 546 g/mol. The van der Waals surface area contributed by atoms with Crippen LogP contribution in [0.3, 0.4) is 0 Å². The van der Waals surface area contributed by atoms with Crippen LogP contribution in [0.25, 0.3) is 10.2 Å². The minimum Gasteiger partial charge on any atom is -0.380 e. The van der Waals surface area contributed by atoms with Gasteiger partial charge in [0, 0.05) is 31.8 Å². The fraction of sp³-hybridized carbons (Fsp3) is 0.500. The van der Waals surface area contributed by atoms with E-state index in [1.54, 1.807) is 16.4 Å². The van der Waals surface area contributed by atoms with Crippen molar-refractivity contribution in [3.63, 3.8) is 0 Å². The molecule has 1 aromatic heterocycles. The monoisotopic (exact) mass is 545 g/mol. The Kier molecular flexibility index (Phi) is 10.6. The molecule has 0 radical (unpaired) electrons. The molecule has 37 heavy (non-hydrogen) atoms. The zero-order valence-corrected chi connectivity index (χ0v) is 24.3. The van der Waals surface area contributed by atoms with E-state index in [0.29, 0.717) is 43.2 Å². The van der Waals surface area contributed by atoms with Crippen molar-refractivity contribution in [3.8, 4) is 0 Å². The Morgan fingerprint density at radius 2 is 1.68 bits per heavy atom. The first-order valence-electron chi connectivity index (χ1n) is 13.1. The predicted molar refractivity (Wildman–Crippen MR) is 151 cm³/mol. The first kappa shape index (κ1) is 29.2. The maximum absolute atomic E-state index is 13.2. The number of aryl methyl sites for hydroxylation is 2. The van der Waals surface area contributed by atoms with Gasteiger partial charge in [0.1, 0.15) is 0 Å². The summed E-state index contributed by atoms with van der Waals surface area (Å²) in [5.74, 6) is -0.399. The molecule has 0 aliphatic rings. The van der Waals surface area contributed by atoms with Crippen molar-refractivity contribution in [2.24, 2.45) is 4.99 Å². The van der Waals surface area contributed by atoms with E-state index in [1.807, 2.05) is 25.3 Å². The Hall–Kier alpha value is -2.33. The summed E-state index contributed by atoms with van der Waals surface area (Å²) >= 11 is 1.48. The summed E-state index contributed by atoms with van der Waals surface area (Å²) in [6.45, 7) is 12.9. The molecule has 3 aromatic rings. The number of amides is 1. The topological polar surface area (TPSA) is 81.0 Å². The number of carbonyl (C=O) groups is 1. The third-order valence-electron chi connectivity index (χ3n) is 6.24. The number of aromatic nitrogens is 1. The molecule has 9 heteroatoms. The minimum absolute atomic E-state index is 0.205. The standard InChI is InChI=1S/C28H39N3O4S2/c1-6-9-15-30(16-10-7-2)37(33,34)24-13-11-23(12-14-24)27(32)29-28-31(17-18-35-8-3)25-20-21(4)19-22(5)26(25)36-28/h11-14,19-20H,6-10,15-18H2,1-5H3. The first-order chi connectivity index (χ1) is 17.7. The lowest BCUT2D eigenvalue weighted by atomic mass is 10.1. The summed E-state index contributed by atoms with van der Waals surface area (Å²) in [6.07, 6.45) is 3.48. The van der Waals surface area contributed by atoms with Crippen molar-refractivity contribution in [2.75, 3.05) is 26.3 Å². The first-order valence-corrected chi connectivity index (χ1v) is 15.4. The lowest BCUT2D eigenvalue weighted by molar-refractivity contribution is 0.0996. The average Bonchev–Trinajstić information content (AvgIpc) is 3.21. The highest BCUT2D eigenvalue weighted by Crippen LogP contribution is 2.24. The van der Waals surface area contributed by atoms with Crippen molar-refractivity contribution >= 4 is 37.5 Å². The molecule has 0 saturated carbocycles. The quantitative estimate of drug-likeness (QED) is 0.259. The molecule has 0 bridgehead atoms. The largest absolute Gasteiger partial charge is 0.380 e. The molecular weight excluding hydrogens is 506 g/mol. The Balaban J connectivity index is 1.94. The Morgan fingerprint density at radius 1 is 1.03 bits per heavy atom. The molecule has 1 amide bonds. The summed E-state index contributed by atoms with van der Waals surface area (Å²) in [6, 6.07) is 10.4. The number of sulfonamides is 1. The van der Waals surface area contributed by atoms with E-state index in [2.05, 4.69) is 31.0 Å². The van der Waals surface area contributed by atoms with Crippen molar-refractivity contribution < 1.29 is 17.9 Å². The van der Waals surface area contributed by atoms with Gasteiger partial charge in [-0.3, -0.25) is 4.79 Å². The molecular formula is C28H39N3O4S2. The normalized spacial score (nSPS) is 12.6. The van der Waals surface area contributed by atoms with Gasteiger partial charge in [-0.2, -0.15) is 9.30 Å². The van der Waals surface area contributed by atoms with Gasteiger partial charge >= 0.3 is 0 Å². The Morgan fingerprint density at radius 3 is 2.27 bits per heavy atom. The number of ether oxygens (including phenoxy) is 1. The van der Waals surface area contributed by atoms with E-state index >= 15 is 0 Å². The van der Waals surface area contributed by atoms with Gasteiger partial charge in [0.15, 0.2) is 4.80 Å². The second kappa shape index (κ2) is 13.5. The van der Waals surface area contributed by atoms with Gasteiger partial charge in [0.05, 0.1) is 21.7 Å². The number of thiazole rings is 1. The zero-order chi connectivity index (χ0) is 27.0. The van der Waals surface area contributed by atoms with Crippen LogP contribution in [0.4, 0.5) is 0 Å². The highest BCUT2D eigenvalue weighted by atomic mass is 32.2. The van der Waals surface area contributed by atoms with Gasteiger partial charge in [-0.25, -0.2) is 8.42 Å². The maximum Gasteiger partial charge on any atom is 0.279 e. The summed E-state index contributed by atoms with van der Waals surface area (Å²) in [5.41, 5.74) is 3.68. The van der Waals surface area contributed by atoms with E-state index in [0.717, 1.165) is 47.0 Å². The third-order valence-corrected chi connectivity index (χ3v) is 9.38. The maximum atomic E-state index is 13.2. The number of hydrogen-bond acceptors (Lipinski definition) is 5. The number of fused-ring (bicyclic) bond motifs is 1. The zero-order valence-electron chi connectivity index (χ0n) is 22.6. The van der Waals surface area contributed by atoms with E-state index in [-0.39, 0.29) is 4.90 Å². The molecule has 3 rings (SSSR count). The van der Waals surface area contributed by atoms with E-state index < -0.39 is 15.9 Å². The van der Waals surface area contributed by atoms with E-state index in [4.69, 9.17) is 4.74 Å². The number of rotatable bonds is 13. The number of carbonyl (C=O) groups excluding carboxylic acids is 1. The van der Waals surface area contributed by atoms with Crippen molar-refractivity contribution in [2.45, 2.75) is 71.7 Å². The summed E-state index contributed by atoms with van der Waals surface area (Å²) in [7, 11) is -3.62. The SMILES string of the molecule is CCCCN(CCCC)S(=O)(=O)c1ccc(C(=O)N=c2sc3c(C)cc(C)cc3n2CCOCC)cc1. The Bertz CT molecular complexity index is 1360. The predicted octanol–water partition coefficient (Wildman–Crippen LogP) is 5.69. The van der Waals surface area contributed by atoms with E-state index in [1.165, 1.54) is 23.5 Å². The summed E-state index contributed by atoms with van der Waals surface area (Å²) in [4.78, 5) is 18.4. The number of benzene rings is 2. The van der Waals surface area contributed by atoms with Gasteiger partial charge in [-0.15, -0.1) is 0 Å². The lowest BCUT2D eigenvalue weighted by Crippen LogP contribution is -2.33. The van der Waals surface area contributed by atoms with Gasteiger partial charge in [-0.05, 0) is 75.1 Å². The molecule has 7 nitrogen and oxygen atoms in total. The number of nitrogens with zero attached hydrogens (tertiary/aromatic N) is 3. The van der Waals surface area contributed by atoms with Crippen LogP contribution in [-0.4, -0.2) is 49.5 Å². The molecule has 0 spiro atoms. The number of hydrogen-bond donors (Lipinski definition) is 0. The molecule has 2 aromatic carbocycles. The molecule has 202 valence electrons. The second-order valence-corrected chi connectivity index (χ2v) is 12.1. The Labute approximate surface area is 224 Å². The van der Waals surface area contributed by atoms with Crippen LogP contribution in [0.5, 0.6) is 0 Å². The minimum atomic E-state index is -3.62. The van der Waals surface area contributed by atoms with Gasteiger partial charge < -0.3 is 9.30 Å². The number of unbranched alkanes of at least 4 members (excludes halogenated alkanes) is 2. The highest BCUT2D eigenvalue weighted by molar-refractivity contribution is 7.89.